The van der Waals surface area contributed by atoms with E-state index in [1.165, 1.54) is 6.42 Å². The van der Waals surface area contributed by atoms with Gasteiger partial charge in [-0.2, -0.15) is 0 Å². The Kier molecular flexibility index (Phi) is 7.84. The molecule has 0 bridgehead atoms. The lowest BCUT2D eigenvalue weighted by molar-refractivity contribution is 0.649. The average Bonchev–Trinajstić information content (AvgIpc) is 1.99. The Balaban J connectivity index is 3.14. The third-order valence-corrected chi connectivity index (χ3v) is 2.03. The fourth-order valence-electron chi connectivity index (χ4n) is 0.995. The Labute approximate surface area is 75.3 Å². The molecule has 0 N–H and O–H groups in total. The van der Waals surface area contributed by atoms with Crippen molar-refractivity contribution in [3.63, 3.8) is 0 Å². The Morgan fingerprint density at radius 3 is 2.64 bits per heavy atom. The van der Waals surface area contributed by atoms with Crippen molar-refractivity contribution >= 4 is 11.6 Å². The summed E-state index contributed by atoms with van der Waals surface area (Å²) < 4.78 is 0. The van der Waals surface area contributed by atoms with Crippen molar-refractivity contribution in [1.82, 2.24) is 0 Å². The predicted octanol–water partition coefficient (Wildman–Crippen LogP) is 3.59. The first-order chi connectivity index (χ1) is 5.31. The van der Waals surface area contributed by atoms with Crippen LogP contribution in [0.1, 0.15) is 46.0 Å². The fraction of sp³-hybridized carbons (Fsp3) is 0.800. The Bertz CT molecular complexity index is 130. The Morgan fingerprint density at radius 2 is 2.09 bits per heavy atom. The molecule has 0 fully saturated rings. The lowest BCUT2D eigenvalue weighted by Crippen LogP contribution is -1.96. The largest absolute Gasteiger partial charge is 0.123 e. The van der Waals surface area contributed by atoms with Crippen molar-refractivity contribution < 1.29 is 0 Å². The van der Waals surface area contributed by atoms with Gasteiger partial charge in [-0.3, -0.25) is 0 Å². The second-order valence-corrected chi connectivity index (χ2v) is 3.32. The van der Waals surface area contributed by atoms with Gasteiger partial charge in [0.2, 0.25) is 0 Å². The molecular weight excluding hydrogens is 156 g/mol. The van der Waals surface area contributed by atoms with E-state index in [0.717, 1.165) is 25.7 Å². The van der Waals surface area contributed by atoms with Crippen LogP contribution in [-0.4, -0.2) is 5.38 Å². The Morgan fingerprint density at radius 1 is 1.36 bits per heavy atom. The predicted molar refractivity (Wildman–Crippen MR) is 51.9 cm³/mol. The number of unbranched alkanes of at least 4 members (excludes halogenated alkanes) is 1. The second kappa shape index (κ2) is 7.95. The quantitative estimate of drug-likeness (QED) is 0.338. The average molecular weight is 173 g/mol. The summed E-state index contributed by atoms with van der Waals surface area (Å²) in [5.41, 5.74) is 0. The molecule has 64 valence electrons. The highest BCUT2D eigenvalue weighted by Gasteiger charge is 2.00. The minimum atomic E-state index is 0.374. The highest BCUT2D eigenvalue weighted by Crippen LogP contribution is 2.12. The van der Waals surface area contributed by atoms with Crippen molar-refractivity contribution in [1.29, 1.82) is 0 Å². The van der Waals surface area contributed by atoms with Gasteiger partial charge in [0, 0.05) is 11.8 Å². The van der Waals surface area contributed by atoms with Crippen molar-refractivity contribution in [3.05, 3.63) is 0 Å². The molecule has 0 aliphatic rings. The van der Waals surface area contributed by atoms with Crippen molar-refractivity contribution in [3.8, 4) is 11.8 Å². The van der Waals surface area contributed by atoms with Gasteiger partial charge in [0.05, 0.1) is 0 Å². The highest BCUT2D eigenvalue weighted by molar-refractivity contribution is 6.20. The zero-order valence-electron chi connectivity index (χ0n) is 7.49. The summed E-state index contributed by atoms with van der Waals surface area (Å²) >= 11 is 6.01. The maximum atomic E-state index is 6.01. The molecule has 0 saturated carbocycles. The fourth-order valence-corrected chi connectivity index (χ4v) is 1.37. The van der Waals surface area contributed by atoms with Crippen LogP contribution < -0.4 is 0 Å². The normalized spacial score (nSPS) is 11.9. The summed E-state index contributed by atoms with van der Waals surface area (Å²) in [7, 11) is 0. The third kappa shape index (κ3) is 7.75. The highest BCUT2D eigenvalue weighted by atomic mass is 35.5. The molecule has 1 heteroatoms. The zero-order valence-corrected chi connectivity index (χ0v) is 8.25. The summed E-state index contributed by atoms with van der Waals surface area (Å²) in [5, 5.41) is 0.374. The van der Waals surface area contributed by atoms with E-state index in [-0.39, 0.29) is 0 Å². The minimum absolute atomic E-state index is 0.374. The molecule has 0 nitrogen and oxygen atoms in total. The van der Waals surface area contributed by atoms with E-state index in [9.17, 15) is 0 Å². The summed E-state index contributed by atoms with van der Waals surface area (Å²) in [6.45, 7) is 4.05. The van der Waals surface area contributed by atoms with Crippen LogP contribution in [0.15, 0.2) is 0 Å². The van der Waals surface area contributed by atoms with E-state index in [2.05, 4.69) is 18.8 Å². The molecule has 0 aromatic heterocycles. The first kappa shape index (κ1) is 10.8. The van der Waals surface area contributed by atoms with Crippen LogP contribution >= 0.6 is 11.6 Å². The van der Waals surface area contributed by atoms with Gasteiger partial charge < -0.3 is 0 Å². The van der Waals surface area contributed by atoms with Crippen LogP contribution in [-0.2, 0) is 0 Å². The number of hydrogen-bond acceptors (Lipinski definition) is 0. The molecule has 0 aliphatic carbocycles. The molecule has 0 saturated heterocycles. The smallest absolute Gasteiger partial charge is 0.0336 e. The van der Waals surface area contributed by atoms with Crippen LogP contribution in [0.4, 0.5) is 0 Å². The molecule has 0 amide bonds. The Hall–Kier alpha value is -0.150. The van der Waals surface area contributed by atoms with Gasteiger partial charge in [-0.05, 0) is 26.2 Å². The summed E-state index contributed by atoms with van der Waals surface area (Å²) in [5.74, 6) is 5.92. The van der Waals surface area contributed by atoms with Gasteiger partial charge in [0.1, 0.15) is 0 Å². The van der Waals surface area contributed by atoms with Gasteiger partial charge in [-0.25, -0.2) is 0 Å². The van der Waals surface area contributed by atoms with E-state index in [4.69, 9.17) is 11.6 Å². The van der Waals surface area contributed by atoms with Crippen LogP contribution in [0.5, 0.6) is 0 Å². The van der Waals surface area contributed by atoms with Gasteiger partial charge in [-0.15, -0.1) is 23.4 Å². The maximum Gasteiger partial charge on any atom is 0.0336 e. The van der Waals surface area contributed by atoms with Crippen LogP contribution in [0, 0.1) is 11.8 Å². The van der Waals surface area contributed by atoms with Crippen LogP contribution in [0.2, 0.25) is 0 Å². The molecular formula is C10H17Cl. The van der Waals surface area contributed by atoms with Gasteiger partial charge in [-0.1, -0.05) is 13.3 Å². The molecule has 11 heavy (non-hydrogen) atoms. The molecule has 0 aromatic rings. The standard InChI is InChI=1S/C10H17Cl/c1-3-5-6-7-9-10(11)8-4-2/h10H,4,6-9H2,1-2H3. The van der Waals surface area contributed by atoms with Crippen LogP contribution in [0.3, 0.4) is 0 Å². The lowest BCUT2D eigenvalue weighted by atomic mass is 10.1. The van der Waals surface area contributed by atoms with E-state index < -0.39 is 0 Å². The zero-order chi connectivity index (χ0) is 8.53. The first-order valence-electron chi connectivity index (χ1n) is 4.35. The van der Waals surface area contributed by atoms with Crippen molar-refractivity contribution in [2.75, 3.05) is 0 Å². The topological polar surface area (TPSA) is 0 Å². The molecule has 0 heterocycles. The number of hydrogen-bond donors (Lipinski definition) is 0. The second-order valence-electron chi connectivity index (χ2n) is 2.70. The lowest BCUT2D eigenvalue weighted by Gasteiger charge is -2.04. The number of alkyl halides is 1. The third-order valence-electron chi connectivity index (χ3n) is 1.60. The minimum Gasteiger partial charge on any atom is -0.123 e. The van der Waals surface area contributed by atoms with Crippen LogP contribution in [0.25, 0.3) is 0 Å². The molecule has 0 rings (SSSR count). The van der Waals surface area contributed by atoms with Gasteiger partial charge in [0.25, 0.3) is 0 Å². The summed E-state index contributed by atoms with van der Waals surface area (Å²) in [6, 6.07) is 0. The summed E-state index contributed by atoms with van der Waals surface area (Å²) in [6.07, 6.45) is 5.59. The van der Waals surface area contributed by atoms with Crippen molar-refractivity contribution in [2.24, 2.45) is 0 Å². The maximum absolute atomic E-state index is 6.01. The molecule has 0 radical (unpaired) electrons. The van der Waals surface area contributed by atoms with Crippen molar-refractivity contribution in [2.45, 2.75) is 51.3 Å². The molecule has 1 atom stereocenters. The first-order valence-corrected chi connectivity index (χ1v) is 4.78. The molecule has 0 aromatic carbocycles. The van der Waals surface area contributed by atoms with E-state index in [0.29, 0.717) is 5.38 Å². The molecule has 0 spiro atoms. The summed E-state index contributed by atoms with van der Waals surface area (Å²) in [4.78, 5) is 0. The number of halogens is 1. The monoisotopic (exact) mass is 172 g/mol. The van der Waals surface area contributed by atoms with E-state index in [1.54, 1.807) is 0 Å². The van der Waals surface area contributed by atoms with Gasteiger partial charge in [0.15, 0.2) is 0 Å². The SMILES string of the molecule is CC#CCCCC(Cl)CCC. The van der Waals surface area contributed by atoms with E-state index >= 15 is 0 Å². The van der Waals surface area contributed by atoms with E-state index in [1.807, 2.05) is 6.92 Å². The van der Waals surface area contributed by atoms with Gasteiger partial charge >= 0.3 is 0 Å². The molecule has 1 unspecified atom stereocenters. The number of rotatable bonds is 5. The molecule has 0 aliphatic heterocycles.